The zero-order chi connectivity index (χ0) is 18.5. The molecule has 1 aromatic heterocycles. The minimum atomic E-state index is -0.479. The van der Waals surface area contributed by atoms with Crippen molar-refractivity contribution in [1.29, 1.82) is 0 Å². The first kappa shape index (κ1) is 18.0. The highest BCUT2D eigenvalue weighted by molar-refractivity contribution is 6.30. The first-order valence-electron chi connectivity index (χ1n) is 8.08. The summed E-state index contributed by atoms with van der Waals surface area (Å²) in [6.45, 7) is 3.84. The molecule has 0 N–H and O–H groups in total. The van der Waals surface area contributed by atoms with Crippen molar-refractivity contribution in [2.45, 2.75) is 20.5 Å². The molecular weight excluding hydrogens is 354 g/mol. The maximum atomic E-state index is 11.8. The van der Waals surface area contributed by atoms with E-state index in [1.807, 2.05) is 44.2 Å². The molecule has 0 fully saturated rings. The van der Waals surface area contributed by atoms with Crippen LogP contribution in [-0.4, -0.2) is 17.7 Å². The van der Waals surface area contributed by atoms with E-state index >= 15 is 0 Å². The lowest BCUT2D eigenvalue weighted by molar-refractivity contribution is -0.147. The number of esters is 1. The Kier molecular flexibility index (Phi) is 5.58. The molecular formula is C20H18ClNO4. The Balaban J connectivity index is 1.50. The number of hydrogen-bond acceptors (Lipinski definition) is 5. The predicted molar refractivity (Wildman–Crippen MR) is 98.2 cm³/mol. The van der Waals surface area contributed by atoms with E-state index in [-0.39, 0.29) is 13.2 Å². The molecule has 0 saturated carbocycles. The molecule has 0 aliphatic carbocycles. The van der Waals surface area contributed by atoms with E-state index in [9.17, 15) is 4.79 Å². The van der Waals surface area contributed by atoms with E-state index in [0.29, 0.717) is 22.2 Å². The summed E-state index contributed by atoms with van der Waals surface area (Å²) in [7, 11) is 0. The molecule has 0 radical (unpaired) electrons. The van der Waals surface area contributed by atoms with Crippen LogP contribution in [0.3, 0.4) is 0 Å². The van der Waals surface area contributed by atoms with Crippen LogP contribution in [0.2, 0.25) is 5.02 Å². The Morgan fingerprint density at radius 1 is 1.08 bits per heavy atom. The number of hydrogen-bond donors (Lipinski definition) is 0. The van der Waals surface area contributed by atoms with E-state index in [1.165, 1.54) is 5.56 Å². The Hall–Kier alpha value is -2.79. The van der Waals surface area contributed by atoms with Crippen LogP contribution in [-0.2, 0) is 16.1 Å². The van der Waals surface area contributed by atoms with Crippen LogP contribution in [0.25, 0.3) is 11.3 Å². The number of carbonyl (C=O) groups is 1. The number of halogens is 1. The second-order valence-electron chi connectivity index (χ2n) is 5.88. The lowest BCUT2D eigenvalue weighted by Crippen LogP contribution is -2.14. The molecule has 134 valence electrons. The van der Waals surface area contributed by atoms with Crippen LogP contribution in [0.4, 0.5) is 0 Å². The van der Waals surface area contributed by atoms with Gasteiger partial charge in [-0.25, -0.2) is 4.79 Å². The molecule has 0 saturated heterocycles. The molecule has 26 heavy (non-hydrogen) atoms. The molecule has 3 rings (SSSR count). The second kappa shape index (κ2) is 8.06. The quantitative estimate of drug-likeness (QED) is 0.586. The number of nitrogens with zero attached hydrogens (tertiary/aromatic N) is 1. The van der Waals surface area contributed by atoms with Gasteiger partial charge in [0, 0.05) is 16.7 Å². The molecule has 0 aliphatic heterocycles. The van der Waals surface area contributed by atoms with Crippen LogP contribution in [0.1, 0.15) is 16.9 Å². The maximum absolute atomic E-state index is 11.8. The summed E-state index contributed by atoms with van der Waals surface area (Å²) in [4.78, 5) is 11.8. The highest BCUT2D eigenvalue weighted by Gasteiger charge is 2.10. The number of aromatic nitrogens is 1. The van der Waals surface area contributed by atoms with Gasteiger partial charge in [0.25, 0.3) is 0 Å². The summed E-state index contributed by atoms with van der Waals surface area (Å²) in [5.74, 6) is 0.608. The Labute approximate surface area is 156 Å². The van der Waals surface area contributed by atoms with Gasteiger partial charge in [0.15, 0.2) is 19.0 Å². The van der Waals surface area contributed by atoms with Gasteiger partial charge in [0.05, 0.1) is 0 Å². The van der Waals surface area contributed by atoms with Crippen LogP contribution in [0, 0.1) is 13.8 Å². The third kappa shape index (κ3) is 4.64. The third-order valence-electron chi connectivity index (χ3n) is 3.91. The average Bonchev–Trinajstić information content (AvgIpc) is 3.10. The average molecular weight is 372 g/mol. The van der Waals surface area contributed by atoms with Gasteiger partial charge in [-0.3, -0.25) is 0 Å². The van der Waals surface area contributed by atoms with Gasteiger partial charge in [-0.2, -0.15) is 0 Å². The fourth-order valence-corrected chi connectivity index (χ4v) is 2.40. The normalized spacial score (nSPS) is 10.6. The van der Waals surface area contributed by atoms with Crippen LogP contribution < -0.4 is 4.74 Å². The molecule has 0 unspecified atom stereocenters. The highest BCUT2D eigenvalue weighted by Crippen LogP contribution is 2.21. The molecule has 6 heteroatoms. The second-order valence-corrected chi connectivity index (χ2v) is 6.32. The maximum Gasteiger partial charge on any atom is 0.344 e. The first-order chi connectivity index (χ1) is 12.5. The molecule has 0 amide bonds. The van der Waals surface area contributed by atoms with E-state index in [1.54, 1.807) is 18.2 Å². The van der Waals surface area contributed by atoms with Gasteiger partial charge < -0.3 is 14.0 Å². The summed E-state index contributed by atoms with van der Waals surface area (Å²) in [6.07, 6.45) is 0. The zero-order valence-corrected chi connectivity index (χ0v) is 15.2. The smallest absolute Gasteiger partial charge is 0.344 e. The van der Waals surface area contributed by atoms with Gasteiger partial charge in [0.1, 0.15) is 11.4 Å². The molecule has 5 nitrogen and oxygen atoms in total. The number of aryl methyl sites for hydroxylation is 2. The number of rotatable bonds is 6. The van der Waals surface area contributed by atoms with E-state index < -0.39 is 5.97 Å². The lowest BCUT2D eigenvalue weighted by Gasteiger charge is -2.07. The highest BCUT2D eigenvalue weighted by atomic mass is 35.5. The molecule has 0 aliphatic rings. The van der Waals surface area contributed by atoms with Crippen LogP contribution >= 0.6 is 11.6 Å². The SMILES string of the molecule is Cc1ccc(OCC(=O)OCc2cc(-c3ccc(Cl)cc3)no2)cc1C. The third-order valence-corrected chi connectivity index (χ3v) is 4.16. The molecule has 0 bridgehead atoms. The summed E-state index contributed by atoms with van der Waals surface area (Å²) < 4.78 is 15.8. The van der Waals surface area contributed by atoms with Crippen molar-refractivity contribution in [1.82, 2.24) is 5.16 Å². The Morgan fingerprint density at radius 3 is 2.58 bits per heavy atom. The van der Waals surface area contributed by atoms with Gasteiger partial charge in [-0.05, 0) is 49.2 Å². The number of carbonyl (C=O) groups excluding carboxylic acids is 1. The van der Waals surface area contributed by atoms with Crippen molar-refractivity contribution in [3.8, 4) is 17.0 Å². The predicted octanol–water partition coefficient (Wildman–Crippen LogP) is 4.73. The zero-order valence-electron chi connectivity index (χ0n) is 14.5. The Morgan fingerprint density at radius 2 is 1.85 bits per heavy atom. The molecule has 0 spiro atoms. The molecule has 0 atom stereocenters. The van der Waals surface area contributed by atoms with Crippen molar-refractivity contribution in [3.63, 3.8) is 0 Å². The van der Waals surface area contributed by atoms with E-state index in [4.69, 9.17) is 25.6 Å². The molecule has 3 aromatic rings. The van der Waals surface area contributed by atoms with Gasteiger partial charge in [-0.1, -0.05) is 35.0 Å². The van der Waals surface area contributed by atoms with Crippen molar-refractivity contribution in [3.05, 3.63) is 70.4 Å². The minimum Gasteiger partial charge on any atom is -0.482 e. The fraction of sp³-hybridized carbons (Fsp3) is 0.200. The summed E-state index contributed by atoms with van der Waals surface area (Å²) in [5, 5.41) is 4.61. The summed E-state index contributed by atoms with van der Waals surface area (Å²) in [6, 6.07) is 14.6. The van der Waals surface area contributed by atoms with Crippen LogP contribution in [0.15, 0.2) is 53.1 Å². The standard InChI is InChI=1S/C20H18ClNO4/c1-13-3-8-17(9-14(13)2)24-12-20(23)25-11-18-10-19(22-26-18)15-4-6-16(21)7-5-15/h3-10H,11-12H2,1-2H3. The minimum absolute atomic E-state index is 0.00426. The number of ether oxygens (including phenoxy) is 2. The van der Waals surface area contributed by atoms with Crippen molar-refractivity contribution in [2.24, 2.45) is 0 Å². The number of benzene rings is 2. The van der Waals surface area contributed by atoms with Gasteiger partial charge in [-0.15, -0.1) is 0 Å². The van der Waals surface area contributed by atoms with E-state index in [2.05, 4.69) is 5.16 Å². The van der Waals surface area contributed by atoms with Crippen molar-refractivity contribution < 1.29 is 18.8 Å². The molecule has 1 heterocycles. The van der Waals surface area contributed by atoms with Crippen LogP contribution in [0.5, 0.6) is 5.75 Å². The van der Waals surface area contributed by atoms with Gasteiger partial charge >= 0.3 is 5.97 Å². The van der Waals surface area contributed by atoms with Crippen molar-refractivity contribution in [2.75, 3.05) is 6.61 Å². The van der Waals surface area contributed by atoms with E-state index in [0.717, 1.165) is 11.1 Å². The summed E-state index contributed by atoms with van der Waals surface area (Å²) in [5.41, 5.74) is 3.79. The topological polar surface area (TPSA) is 61.6 Å². The first-order valence-corrected chi connectivity index (χ1v) is 8.46. The van der Waals surface area contributed by atoms with Gasteiger partial charge in [0.2, 0.25) is 0 Å². The fourth-order valence-electron chi connectivity index (χ4n) is 2.28. The summed E-state index contributed by atoms with van der Waals surface area (Å²) >= 11 is 5.87. The van der Waals surface area contributed by atoms with Crippen molar-refractivity contribution >= 4 is 17.6 Å². The Bertz CT molecular complexity index is 902. The largest absolute Gasteiger partial charge is 0.482 e. The lowest BCUT2D eigenvalue weighted by atomic mass is 10.1. The molecule has 2 aromatic carbocycles. The monoisotopic (exact) mass is 371 g/mol.